The average molecular weight is 595 g/mol. The van der Waals surface area contributed by atoms with Crippen LogP contribution in [0.1, 0.15) is 46.4 Å². The van der Waals surface area contributed by atoms with Crippen LogP contribution in [0.4, 0.5) is 5.69 Å². The van der Waals surface area contributed by atoms with E-state index in [0.29, 0.717) is 22.2 Å². The maximum absolute atomic E-state index is 12.8. The Balaban J connectivity index is 1.25. The molecule has 0 spiro atoms. The second-order valence-electron chi connectivity index (χ2n) is 10.2. The zero-order valence-electron chi connectivity index (χ0n) is 23.4. The second kappa shape index (κ2) is 13.3. The molecule has 11 heteroatoms. The van der Waals surface area contributed by atoms with Gasteiger partial charge in [0.15, 0.2) is 6.29 Å². The minimum absolute atomic E-state index is 0.0155. The minimum atomic E-state index is -0.690. The number of carbonyl (C=O) groups is 1. The Morgan fingerprint density at radius 2 is 1.81 bits per heavy atom. The predicted molar refractivity (Wildman–Crippen MR) is 161 cm³/mol. The highest BCUT2D eigenvalue weighted by Gasteiger charge is 2.38. The highest BCUT2D eigenvalue weighted by Crippen LogP contribution is 2.43. The summed E-state index contributed by atoms with van der Waals surface area (Å²) in [6.45, 7) is 2.08. The fourth-order valence-corrected chi connectivity index (χ4v) is 5.98. The number of hydrogen-bond acceptors (Lipinski definition) is 9. The third kappa shape index (κ3) is 6.65. The van der Waals surface area contributed by atoms with E-state index < -0.39 is 6.29 Å². The number of tetrazole rings is 1. The zero-order chi connectivity index (χ0) is 29.6. The van der Waals surface area contributed by atoms with Gasteiger partial charge in [0, 0.05) is 35.3 Å². The van der Waals surface area contributed by atoms with Crippen molar-refractivity contribution in [1.82, 2.24) is 25.2 Å². The Kier molecular flexibility index (Phi) is 8.85. The number of aliphatic hydroxyl groups excluding tert-OH is 1. The third-order valence-electron chi connectivity index (χ3n) is 7.28. The van der Waals surface area contributed by atoms with E-state index in [-0.39, 0.29) is 30.6 Å². The molecular formula is C32H30N6O4S. The third-order valence-corrected chi connectivity index (χ3v) is 8.29. The normalized spacial score (nSPS) is 20.0. The van der Waals surface area contributed by atoms with Gasteiger partial charge in [-0.1, -0.05) is 73.3 Å². The van der Waals surface area contributed by atoms with Gasteiger partial charge in [-0.05, 0) is 58.0 Å². The molecule has 4 unspecified atom stereocenters. The van der Waals surface area contributed by atoms with Crippen LogP contribution in [0.15, 0.2) is 109 Å². The zero-order valence-corrected chi connectivity index (χ0v) is 24.2. The molecule has 0 bridgehead atoms. The van der Waals surface area contributed by atoms with Gasteiger partial charge in [-0.2, -0.15) is 4.68 Å². The van der Waals surface area contributed by atoms with Crippen LogP contribution in [0.5, 0.6) is 0 Å². The lowest BCUT2D eigenvalue weighted by Crippen LogP contribution is -2.38. The number of pyridine rings is 1. The van der Waals surface area contributed by atoms with Crippen molar-refractivity contribution in [3.05, 3.63) is 126 Å². The monoisotopic (exact) mass is 594 g/mol. The van der Waals surface area contributed by atoms with E-state index in [2.05, 4.69) is 32.7 Å². The van der Waals surface area contributed by atoms with E-state index in [1.54, 1.807) is 23.0 Å². The molecule has 0 radical (unpaired) electrons. The Morgan fingerprint density at radius 1 is 0.977 bits per heavy atom. The van der Waals surface area contributed by atoms with Crippen molar-refractivity contribution >= 4 is 23.4 Å². The van der Waals surface area contributed by atoms with E-state index >= 15 is 0 Å². The molecule has 1 saturated heterocycles. The standard InChI is InChI=1S/C32H30N6O4S/c1-21-28(20-43-32-35-36-37-38(32)27-10-3-2-4-11-27)41-31(42-29(21)23-14-12-22(19-39)13-15-23)24-7-5-9-26(17-24)34-30(40)25-8-6-16-33-18-25/h2-18,21,28-29,31,39H,19-20H2,1H3,(H,34,40). The van der Waals surface area contributed by atoms with Crippen molar-refractivity contribution in [3.8, 4) is 5.69 Å². The van der Waals surface area contributed by atoms with Gasteiger partial charge in [-0.3, -0.25) is 9.78 Å². The first-order valence-corrected chi connectivity index (χ1v) is 14.9. The van der Waals surface area contributed by atoms with E-state index in [1.807, 2.05) is 78.9 Å². The number of aliphatic hydroxyl groups is 1. The molecule has 10 nitrogen and oxygen atoms in total. The lowest BCUT2D eigenvalue weighted by Gasteiger charge is -2.41. The van der Waals surface area contributed by atoms with Gasteiger partial charge < -0.3 is 19.9 Å². The van der Waals surface area contributed by atoms with E-state index in [1.165, 1.54) is 18.0 Å². The summed E-state index contributed by atoms with van der Waals surface area (Å²) in [5.74, 6) is 0.312. The number of hydrogen-bond donors (Lipinski definition) is 2. The molecule has 1 fully saturated rings. The molecule has 1 amide bonds. The summed E-state index contributed by atoms with van der Waals surface area (Å²) in [4.78, 5) is 16.8. The molecule has 1 aliphatic heterocycles. The summed E-state index contributed by atoms with van der Waals surface area (Å²) < 4.78 is 14.9. The van der Waals surface area contributed by atoms with E-state index in [0.717, 1.165) is 22.4 Å². The SMILES string of the molecule is CC1C(CSc2nnnn2-c2ccccc2)OC(c2cccc(NC(=O)c3cccnc3)c2)OC1c1ccc(CO)cc1. The first kappa shape index (κ1) is 28.7. The quantitative estimate of drug-likeness (QED) is 0.216. The second-order valence-corrected chi connectivity index (χ2v) is 11.2. The number of thioether (sulfide) groups is 1. The number of para-hydroxylation sites is 1. The number of carbonyl (C=O) groups excluding carboxylic acids is 1. The number of aromatic nitrogens is 5. The van der Waals surface area contributed by atoms with Crippen molar-refractivity contribution in [2.75, 3.05) is 11.1 Å². The molecule has 3 heterocycles. The van der Waals surface area contributed by atoms with Gasteiger partial charge in [-0.15, -0.1) is 5.10 Å². The van der Waals surface area contributed by atoms with Gasteiger partial charge in [0.25, 0.3) is 5.91 Å². The summed E-state index contributed by atoms with van der Waals surface area (Å²) in [5.41, 5.74) is 4.56. The average Bonchev–Trinajstić information content (AvgIpc) is 3.54. The molecular weight excluding hydrogens is 564 g/mol. The molecule has 2 aromatic heterocycles. The van der Waals surface area contributed by atoms with Gasteiger partial charge in [-0.25, -0.2) is 0 Å². The Hall–Kier alpha value is -4.42. The van der Waals surface area contributed by atoms with Crippen LogP contribution in [0, 0.1) is 5.92 Å². The summed E-state index contributed by atoms with van der Waals surface area (Å²) in [7, 11) is 0. The summed E-state index contributed by atoms with van der Waals surface area (Å²) in [6, 6.07) is 28.4. The van der Waals surface area contributed by atoms with Crippen molar-refractivity contribution in [2.45, 2.75) is 37.2 Å². The van der Waals surface area contributed by atoms with E-state index in [4.69, 9.17) is 9.47 Å². The molecule has 5 aromatic rings. The fourth-order valence-electron chi connectivity index (χ4n) is 4.93. The largest absolute Gasteiger partial charge is 0.392 e. The molecule has 0 aliphatic carbocycles. The number of ether oxygens (including phenoxy) is 2. The number of nitrogens with one attached hydrogen (secondary N) is 1. The first-order chi connectivity index (χ1) is 21.1. The Morgan fingerprint density at radius 3 is 2.58 bits per heavy atom. The van der Waals surface area contributed by atoms with Gasteiger partial charge in [0.05, 0.1) is 30.1 Å². The van der Waals surface area contributed by atoms with Crippen LogP contribution >= 0.6 is 11.8 Å². The number of anilines is 1. The first-order valence-electron chi connectivity index (χ1n) is 13.9. The Labute approximate surface area is 253 Å². The summed E-state index contributed by atoms with van der Waals surface area (Å²) >= 11 is 1.52. The number of amides is 1. The fraction of sp³-hybridized carbons (Fsp3) is 0.219. The van der Waals surface area contributed by atoms with Crippen LogP contribution in [-0.4, -0.2) is 48.1 Å². The summed E-state index contributed by atoms with van der Waals surface area (Å²) in [6.07, 6.45) is 1.96. The molecule has 4 atom stereocenters. The topological polar surface area (TPSA) is 124 Å². The van der Waals surface area contributed by atoms with Crippen molar-refractivity contribution in [1.29, 1.82) is 0 Å². The smallest absolute Gasteiger partial charge is 0.257 e. The highest BCUT2D eigenvalue weighted by atomic mass is 32.2. The molecule has 218 valence electrons. The lowest BCUT2D eigenvalue weighted by molar-refractivity contribution is -0.268. The van der Waals surface area contributed by atoms with Crippen molar-refractivity contribution in [2.24, 2.45) is 5.92 Å². The number of benzene rings is 3. The van der Waals surface area contributed by atoms with Gasteiger partial charge in [0.2, 0.25) is 5.16 Å². The summed E-state index contributed by atoms with van der Waals surface area (Å²) in [5, 5.41) is 25.5. The highest BCUT2D eigenvalue weighted by molar-refractivity contribution is 7.99. The molecule has 6 rings (SSSR count). The van der Waals surface area contributed by atoms with Crippen LogP contribution in [0.3, 0.4) is 0 Å². The number of nitrogens with zero attached hydrogens (tertiary/aromatic N) is 5. The van der Waals surface area contributed by atoms with Crippen LogP contribution in [-0.2, 0) is 16.1 Å². The van der Waals surface area contributed by atoms with Crippen LogP contribution in [0.25, 0.3) is 5.69 Å². The molecule has 1 aliphatic rings. The molecule has 3 aromatic carbocycles. The van der Waals surface area contributed by atoms with Crippen molar-refractivity contribution < 1.29 is 19.4 Å². The van der Waals surface area contributed by atoms with Crippen molar-refractivity contribution in [3.63, 3.8) is 0 Å². The van der Waals surface area contributed by atoms with E-state index in [9.17, 15) is 9.90 Å². The number of rotatable bonds is 9. The van der Waals surface area contributed by atoms with Crippen LogP contribution in [0.2, 0.25) is 0 Å². The van der Waals surface area contributed by atoms with Gasteiger partial charge >= 0.3 is 0 Å². The predicted octanol–water partition coefficient (Wildman–Crippen LogP) is 5.39. The minimum Gasteiger partial charge on any atom is -0.392 e. The van der Waals surface area contributed by atoms with Gasteiger partial charge in [0.1, 0.15) is 0 Å². The molecule has 2 N–H and O–H groups in total. The lowest BCUT2D eigenvalue weighted by atomic mass is 9.91. The maximum atomic E-state index is 12.8. The molecule has 43 heavy (non-hydrogen) atoms. The maximum Gasteiger partial charge on any atom is 0.257 e. The van der Waals surface area contributed by atoms with Crippen LogP contribution < -0.4 is 5.32 Å². The molecule has 0 saturated carbocycles. The Bertz CT molecular complexity index is 1650.